The van der Waals surface area contributed by atoms with Gasteiger partial charge >= 0.3 is 6.18 Å². The summed E-state index contributed by atoms with van der Waals surface area (Å²) in [5.74, 6) is 0.140. The minimum Gasteiger partial charge on any atom is -0.245 e. The first-order valence-corrected chi connectivity index (χ1v) is 9.08. The Bertz CT molecular complexity index is 996. The molecule has 1 N–H and O–H groups in total. The maximum atomic E-state index is 12.6. The molecule has 0 unspecified atom stereocenters. The normalized spacial score (nSPS) is 12.3. The molecule has 2 heterocycles. The number of halogens is 3. The number of aryl methyl sites for hydroxylation is 1. The maximum absolute atomic E-state index is 12.6. The first kappa shape index (κ1) is 17.4. The van der Waals surface area contributed by atoms with Crippen molar-refractivity contribution in [3.8, 4) is 5.69 Å². The van der Waals surface area contributed by atoms with E-state index in [1.165, 1.54) is 4.68 Å². The average Bonchev–Trinajstić information content (AvgIpc) is 3.15. The molecule has 0 aliphatic carbocycles. The molecular weight excluding hydrogens is 379 g/mol. The van der Waals surface area contributed by atoms with Crippen molar-refractivity contribution in [2.45, 2.75) is 18.1 Å². The molecule has 132 valence electrons. The van der Waals surface area contributed by atoms with Crippen LogP contribution < -0.4 is 4.72 Å². The first-order chi connectivity index (χ1) is 11.7. The Morgan fingerprint density at radius 2 is 1.84 bits per heavy atom. The molecule has 0 spiro atoms. The van der Waals surface area contributed by atoms with Gasteiger partial charge in [-0.05, 0) is 19.1 Å². The van der Waals surface area contributed by atoms with Crippen LogP contribution in [0.5, 0.6) is 0 Å². The number of aromatic nitrogens is 4. The van der Waals surface area contributed by atoms with Gasteiger partial charge in [-0.15, -0.1) is 16.4 Å². The highest BCUT2D eigenvalue weighted by molar-refractivity contribution is 7.92. The number of nitrogens with zero attached hydrogens (tertiary/aromatic N) is 4. The molecular formula is C13H10F3N5O2S2. The summed E-state index contributed by atoms with van der Waals surface area (Å²) in [4.78, 5) is 7.09. The van der Waals surface area contributed by atoms with E-state index < -0.39 is 26.2 Å². The molecule has 0 amide bonds. The molecule has 7 nitrogen and oxygen atoms in total. The number of rotatable bonds is 4. The third-order valence-corrected chi connectivity index (χ3v) is 5.24. The molecule has 0 saturated carbocycles. The van der Waals surface area contributed by atoms with E-state index in [0.717, 1.165) is 5.38 Å². The van der Waals surface area contributed by atoms with Crippen LogP contribution in [0.1, 0.15) is 10.8 Å². The number of anilines is 1. The van der Waals surface area contributed by atoms with Crippen LogP contribution in [0.15, 0.2) is 40.7 Å². The predicted octanol–water partition coefficient (Wildman–Crippen LogP) is 2.85. The van der Waals surface area contributed by atoms with Crippen molar-refractivity contribution in [3.05, 3.63) is 46.5 Å². The number of sulfonamides is 1. The van der Waals surface area contributed by atoms with Gasteiger partial charge in [-0.2, -0.15) is 26.6 Å². The number of nitrogens with one attached hydrogen (secondary N) is 1. The third kappa shape index (κ3) is 3.64. The lowest BCUT2D eigenvalue weighted by Gasteiger charge is -2.02. The van der Waals surface area contributed by atoms with Gasteiger partial charge in [-0.1, -0.05) is 18.2 Å². The fourth-order valence-electron chi connectivity index (χ4n) is 1.93. The minimum absolute atomic E-state index is 0.198. The Balaban J connectivity index is 1.88. The monoisotopic (exact) mass is 389 g/mol. The molecule has 12 heteroatoms. The van der Waals surface area contributed by atoms with Gasteiger partial charge in [0.05, 0.1) is 5.69 Å². The minimum atomic E-state index is -4.71. The zero-order valence-electron chi connectivity index (χ0n) is 12.5. The Kier molecular flexibility index (Phi) is 4.24. The van der Waals surface area contributed by atoms with Crippen molar-refractivity contribution in [2.75, 3.05) is 4.72 Å². The molecule has 25 heavy (non-hydrogen) atoms. The largest absolute Gasteiger partial charge is 0.443 e. The van der Waals surface area contributed by atoms with Crippen LogP contribution in [0.2, 0.25) is 0 Å². The second kappa shape index (κ2) is 6.11. The molecule has 1 aromatic carbocycles. The molecule has 0 bridgehead atoms. The Morgan fingerprint density at radius 3 is 2.44 bits per heavy atom. The van der Waals surface area contributed by atoms with Crippen molar-refractivity contribution in [1.29, 1.82) is 0 Å². The molecule has 0 fully saturated rings. The number of benzene rings is 1. The van der Waals surface area contributed by atoms with E-state index in [2.05, 4.69) is 15.1 Å². The van der Waals surface area contributed by atoms with Gasteiger partial charge in [0, 0.05) is 5.38 Å². The molecule has 0 aliphatic heterocycles. The van der Waals surface area contributed by atoms with E-state index in [9.17, 15) is 21.6 Å². The summed E-state index contributed by atoms with van der Waals surface area (Å²) in [5, 5.41) is 2.85. The molecule has 3 rings (SSSR count). The lowest BCUT2D eigenvalue weighted by molar-refractivity contribution is -0.137. The van der Waals surface area contributed by atoms with Crippen molar-refractivity contribution in [1.82, 2.24) is 19.7 Å². The molecule has 0 atom stereocenters. The number of hydrogen-bond acceptors (Lipinski definition) is 6. The lowest BCUT2D eigenvalue weighted by Crippen LogP contribution is -2.15. The Labute approximate surface area is 144 Å². The van der Waals surface area contributed by atoms with Crippen LogP contribution in [0, 0.1) is 6.92 Å². The summed E-state index contributed by atoms with van der Waals surface area (Å²) in [6, 6.07) is 8.84. The number of thiazole rings is 1. The highest BCUT2D eigenvalue weighted by Crippen LogP contribution is 2.32. The fraction of sp³-hybridized carbons (Fsp3) is 0.154. The van der Waals surface area contributed by atoms with Gasteiger partial charge in [0.1, 0.15) is 5.82 Å². The van der Waals surface area contributed by atoms with Gasteiger partial charge in [-0.25, -0.2) is 14.4 Å². The van der Waals surface area contributed by atoms with Crippen LogP contribution >= 0.6 is 11.3 Å². The van der Waals surface area contributed by atoms with Crippen molar-refractivity contribution in [3.63, 3.8) is 0 Å². The van der Waals surface area contributed by atoms with Gasteiger partial charge < -0.3 is 0 Å². The highest BCUT2D eigenvalue weighted by atomic mass is 32.2. The van der Waals surface area contributed by atoms with Crippen LogP contribution in [-0.4, -0.2) is 28.2 Å². The summed E-state index contributed by atoms with van der Waals surface area (Å²) < 4.78 is 65.5. The van der Waals surface area contributed by atoms with Crippen LogP contribution in [0.25, 0.3) is 5.69 Å². The summed E-state index contributed by atoms with van der Waals surface area (Å²) in [6.07, 6.45) is -4.71. The zero-order chi connectivity index (χ0) is 18.2. The summed E-state index contributed by atoms with van der Waals surface area (Å²) in [5.41, 5.74) is 0.658. The van der Waals surface area contributed by atoms with Gasteiger partial charge in [0.15, 0.2) is 10.0 Å². The second-order valence-corrected chi connectivity index (χ2v) is 7.31. The summed E-state index contributed by atoms with van der Waals surface area (Å²) in [6.45, 7) is 1.61. The van der Waals surface area contributed by atoms with E-state index in [-0.39, 0.29) is 17.3 Å². The topological polar surface area (TPSA) is 89.8 Å². The molecule has 0 aliphatic rings. The Hall–Kier alpha value is -2.47. The lowest BCUT2D eigenvalue weighted by atomic mass is 10.3. The fourth-order valence-corrected chi connectivity index (χ4v) is 3.83. The van der Waals surface area contributed by atoms with Gasteiger partial charge in [-0.3, -0.25) is 0 Å². The molecule has 0 radical (unpaired) electrons. The third-order valence-electron chi connectivity index (χ3n) is 3.00. The van der Waals surface area contributed by atoms with Crippen molar-refractivity contribution < 1.29 is 21.6 Å². The highest BCUT2D eigenvalue weighted by Gasteiger charge is 2.36. The van der Waals surface area contributed by atoms with Gasteiger partial charge in [0.25, 0.3) is 16.0 Å². The smallest absolute Gasteiger partial charge is 0.245 e. The second-order valence-electron chi connectivity index (χ2n) is 4.82. The van der Waals surface area contributed by atoms with Crippen molar-refractivity contribution in [2.24, 2.45) is 0 Å². The molecule has 2 aromatic heterocycles. The number of alkyl halides is 3. The predicted molar refractivity (Wildman–Crippen MR) is 84.0 cm³/mol. The Morgan fingerprint density at radius 1 is 1.16 bits per heavy atom. The van der Waals surface area contributed by atoms with E-state index >= 15 is 0 Å². The zero-order valence-corrected chi connectivity index (χ0v) is 14.2. The SMILES string of the molecule is Cc1nc(NS(=O)(=O)c2csc(C(F)(F)F)n2)nn1-c1ccccc1. The van der Waals surface area contributed by atoms with E-state index in [0.29, 0.717) is 11.5 Å². The van der Waals surface area contributed by atoms with Crippen LogP contribution in [0.3, 0.4) is 0 Å². The first-order valence-electron chi connectivity index (χ1n) is 6.71. The molecule has 0 saturated heterocycles. The number of para-hydroxylation sites is 1. The quantitative estimate of drug-likeness (QED) is 0.741. The van der Waals surface area contributed by atoms with E-state index in [1.807, 2.05) is 4.72 Å². The molecule has 3 aromatic rings. The van der Waals surface area contributed by atoms with Crippen LogP contribution in [-0.2, 0) is 16.2 Å². The van der Waals surface area contributed by atoms with Gasteiger partial charge in [0.2, 0.25) is 0 Å². The van der Waals surface area contributed by atoms with E-state index in [4.69, 9.17) is 0 Å². The maximum Gasteiger partial charge on any atom is 0.443 e. The van der Waals surface area contributed by atoms with Crippen LogP contribution in [0.4, 0.5) is 19.1 Å². The number of hydrogen-bond donors (Lipinski definition) is 1. The summed E-state index contributed by atoms with van der Waals surface area (Å²) in [7, 11) is -4.33. The average molecular weight is 389 g/mol. The van der Waals surface area contributed by atoms with E-state index in [1.54, 1.807) is 37.3 Å². The summed E-state index contributed by atoms with van der Waals surface area (Å²) >= 11 is 0.198. The standard InChI is InChI=1S/C13H10F3N5O2S2/c1-8-17-12(19-21(8)9-5-3-2-4-6-9)20-25(22,23)10-7-24-11(18-10)13(14,15)16/h2-7H,1H3,(H,19,20). The van der Waals surface area contributed by atoms with Crippen molar-refractivity contribution >= 4 is 27.3 Å².